The molecule has 0 fully saturated rings. The van der Waals surface area contributed by atoms with E-state index in [1.54, 1.807) is 0 Å². The molecule has 56 heavy (non-hydrogen) atoms. The zero-order valence-corrected chi connectivity index (χ0v) is 32.9. The lowest BCUT2D eigenvalue weighted by Crippen LogP contribution is -2.27. The van der Waals surface area contributed by atoms with Crippen LogP contribution in [0, 0.1) is 5.92 Å². The number of benzene rings is 6. The smallest absolute Gasteiger partial charge is 0.0367 e. The molecule has 0 bridgehead atoms. The van der Waals surface area contributed by atoms with Crippen molar-refractivity contribution < 1.29 is 0 Å². The molecular weight excluding hydrogens is 693 g/mol. The summed E-state index contributed by atoms with van der Waals surface area (Å²) in [5.41, 5.74) is 16.1. The van der Waals surface area contributed by atoms with Crippen molar-refractivity contribution in [3.63, 3.8) is 0 Å². The van der Waals surface area contributed by atoms with Crippen molar-refractivity contribution in [1.29, 1.82) is 0 Å². The maximum Gasteiger partial charge on any atom is 0.0367 e. The first kappa shape index (κ1) is 32.7. The second kappa shape index (κ2) is 12.2. The zero-order chi connectivity index (χ0) is 37.1. The van der Waals surface area contributed by atoms with Crippen LogP contribution in [0.3, 0.4) is 0 Å². The Balaban J connectivity index is 1.08. The number of allylic oxidation sites excluding steroid dienone is 11. The highest BCUT2D eigenvalue weighted by molar-refractivity contribution is 7.25. The fourth-order valence-electron chi connectivity index (χ4n) is 11.7. The Labute approximate surface area is 333 Å². The van der Waals surface area contributed by atoms with Crippen molar-refractivity contribution in [3.8, 4) is 0 Å². The number of thiophene rings is 1. The second-order valence-electron chi connectivity index (χ2n) is 17.3. The van der Waals surface area contributed by atoms with Crippen molar-refractivity contribution in [2.75, 3.05) is 0 Å². The molecule has 3 unspecified atom stereocenters. The lowest BCUT2D eigenvalue weighted by atomic mass is 9.66. The zero-order valence-electron chi connectivity index (χ0n) is 32.1. The Morgan fingerprint density at radius 2 is 1.38 bits per heavy atom. The molecule has 7 aromatic rings. The summed E-state index contributed by atoms with van der Waals surface area (Å²) >= 11 is 1.95. The maximum absolute atomic E-state index is 2.60. The molecule has 0 spiro atoms. The molecule has 12 rings (SSSR count). The van der Waals surface area contributed by atoms with Gasteiger partial charge in [-0.2, -0.15) is 0 Å². The molecule has 6 aromatic carbocycles. The highest BCUT2D eigenvalue weighted by atomic mass is 32.1. The van der Waals surface area contributed by atoms with Crippen LogP contribution in [0.15, 0.2) is 151 Å². The minimum atomic E-state index is -0.00328. The molecule has 270 valence electrons. The molecular formula is C55H44S. The van der Waals surface area contributed by atoms with Crippen molar-refractivity contribution >= 4 is 75.8 Å². The van der Waals surface area contributed by atoms with Gasteiger partial charge in [0.15, 0.2) is 0 Å². The van der Waals surface area contributed by atoms with Crippen molar-refractivity contribution in [2.24, 2.45) is 5.92 Å². The van der Waals surface area contributed by atoms with Gasteiger partial charge in [0.2, 0.25) is 0 Å². The van der Waals surface area contributed by atoms with Crippen molar-refractivity contribution in [1.82, 2.24) is 0 Å². The fourth-order valence-corrected chi connectivity index (χ4v) is 12.8. The van der Waals surface area contributed by atoms with Gasteiger partial charge in [-0.1, -0.05) is 153 Å². The Morgan fingerprint density at radius 3 is 2.16 bits per heavy atom. The number of hydrogen-bond donors (Lipinski definition) is 0. The van der Waals surface area contributed by atoms with E-state index in [1.807, 2.05) is 11.3 Å². The van der Waals surface area contributed by atoms with E-state index >= 15 is 0 Å². The van der Waals surface area contributed by atoms with Gasteiger partial charge in [-0.25, -0.2) is 0 Å². The van der Waals surface area contributed by atoms with Crippen LogP contribution in [0.2, 0.25) is 0 Å². The van der Waals surface area contributed by atoms with E-state index in [9.17, 15) is 0 Å². The van der Waals surface area contributed by atoms with E-state index in [0.717, 1.165) is 19.3 Å². The lowest BCUT2D eigenvalue weighted by Gasteiger charge is -2.37. The predicted molar refractivity (Wildman–Crippen MR) is 242 cm³/mol. The van der Waals surface area contributed by atoms with E-state index in [1.165, 1.54) is 116 Å². The lowest BCUT2D eigenvalue weighted by molar-refractivity contribution is 0.424. The monoisotopic (exact) mass is 736 g/mol. The van der Waals surface area contributed by atoms with Crippen LogP contribution in [-0.2, 0) is 5.41 Å². The van der Waals surface area contributed by atoms with Crippen LogP contribution in [0.4, 0.5) is 0 Å². The van der Waals surface area contributed by atoms with Crippen LogP contribution in [-0.4, -0.2) is 0 Å². The molecule has 3 atom stereocenters. The summed E-state index contributed by atoms with van der Waals surface area (Å²) in [5, 5.41) is 8.35. The van der Waals surface area contributed by atoms with Gasteiger partial charge in [0.05, 0.1) is 0 Å². The third-order valence-corrected chi connectivity index (χ3v) is 15.2. The van der Waals surface area contributed by atoms with Crippen LogP contribution in [0.25, 0.3) is 64.5 Å². The largest absolute Gasteiger partial charge is 0.135 e. The number of fused-ring (bicyclic) bond motifs is 12. The molecule has 1 heteroatoms. The van der Waals surface area contributed by atoms with E-state index in [4.69, 9.17) is 0 Å². The summed E-state index contributed by atoms with van der Waals surface area (Å²) in [7, 11) is 0. The second-order valence-corrected chi connectivity index (χ2v) is 18.4. The predicted octanol–water partition coefficient (Wildman–Crippen LogP) is 15.5. The first-order valence-electron chi connectivity index (χ1n) is 20.7. The molecule has 0 aliphatic heterocycles. The highest BCUT2D eigenvalue weighted by Gasteiger charge is 2.49. The Kier molecular flexibility index (Phi) is 7.16. The van der Waals surface area contributed by atoms with E-state index in [-0.39, 0.29) is 5.41 Å². The quantitative estimate of drug-likeness (QED) is 0.159. The minimum absolute atomic E-state index is 0.00328. The standard InChI is InChI=1S/C55H44S/c1-55(2)47-24-11-9-18-38(47)43-28-29-45-52-44-23-10-12-25-48(44)56-49(52)32-46(53(45)54(43)55)35-16-13-17-36(31-35)50-39-19-5-7-21-41(39)51(42-22-8-6-20-40(42)50)37-27-26-33-14-3-4-15-34(33)30-37/h3,5-12,14,16,18-29,31-32,34,43,54H,4,13,15,17,30H2,1-2H3. The molecule has 5 aliphatic carbocycles. The van der Waals surface area contributed by atoms with Gasteiger partial charge in [-0.05, 0) is 138 Å². The molecule has 0 nitrogen and oxygen atoms in total. The normalized spacial score (nSPS) is 22.0. The topological polar surface area (TPSA) is 0 Å². The Bertz CT molecular complexity index is 2980. The summed E-state index contributed by atoms with van der Waals surface area (Å²) in [6.07, 6.45) is 25.3. The van der Waals surface area contributed by atoms with E-state index in [0.29, 0.717) is 17.8 Å². The maximum atomic E-state index is 2.60. The number of hydrogen-bond acceptors (Lipinski definition) is 1. The first-order chi connectivity index (χ1) is 27.5. The van der Waals surface area contributed by atoms with Gasteiger partial charge < -0.3 is 0 Å². The highest BCUT2D eigenvalue weighted by Crippen LogP contribution is 2.61. The van der Waals surface area contributed by atoms with Gasteiger partial charge in [0.25, 0.3) is 0 Å². The van der Waals surface area contributed by atoms with Gasteiger partial charge in [0.1, 0.15) is 0 Å². The summed E-state index contributed by atoms with van der Waals surface area (Å²) in [6.45, 7) is 5.00. The molecule has 1 aromatic heterocycles. The van der Waals surface area contributed by atoms with Crippen LogP contribution in [0.1, 0.15) is 96.7 Å². The van der Waals surface area contributed by atoms with Gasteiger partial charge in [-0.3, -0.25) is 0 Å². The summed E-state index contributed by atoms with van der Waals surface area (Å²) in [4.78, 5) is 0. The summed E-state index contributed by atoms with van der Waals surface area (Å²) < 4.78 is 2.77. The summed E-state index contributed by atoms with van der Waals surface area (Å²) in [5.74, 6) is 1.34. The van der Waals surface area contributed by atoms with Crippen LogP contribution < -0.4 is 0 Å². The van der Waals surface area contributed by atoms with Crippen molar-refractivity contribution in [2.45, 2.75) is 63.2 Å². The van der Waals surface area contributed by atoms with Gasteiger partial charge in [-0.15, -0.1) is 11.3 Å². The molecule has 0 saturated heterocycles. The van der Waals surface area contributed by atoms with Gasteiger partial charge >= 0.3 is 0 Å². The molecule has 0 amide bonds. The van der Waals surface area contributed by atoms with E-state index < -0.39 is 0 Å². The Hall–Kier alpha value is -5.50. The van der Waals surface area contributed by atoms with Crippen LogP contribution >= 0.6 is 11.3 Å². The molecule has 5 aliphatic rings. The fraction of sp³-hybridized carbons (Fsp3) is 0.200. The molecule has 1 heterocycles. The molecule has 0 saturated carbocycles. The number of rotatable bonds is 3. The average molecular weight is 737 g/mol. The third kappa shape index (κ3) is 4.64. The van der Waals surface area contributed by atoms with E-state index in [2.05, 4.69) is 166 Å². The first-order valence-corrected chi connectivity index (χ1v) is 21.5. The van der Waals surface area contributed by atoms with Crippen molar-refractivity contribution in [3.05, 3.63) is 190 Å². The summed E-state index contributed by atoms with van der Waals surface area (Å²) in [6, 6.07) is 39.4. The van der Waals surface area contributed by atoms with Gasteiger partial charge in [0, 0.05) is 32.0 Å². The minimum Gasteiger partial charge on any atom is -0.135 e. The average Bonchev–Trinajstić information content (AvgIpc) is 3.74. The van der Waals surface area contributed by atoms with Crippen LogP contribution in [0.5, 0.6) is 0 Å². The SMILES string of the molecule is CC1(C)c2ccccc2C2C=Cc3c(c(C4=CCCC(c5c6ccccc6c(C6=CC=C7C=CCCC7C6)c6ccccc56)=C4)cc4sc5ccccc5c34)C21. The third-order valence-electron chi connectivity index (χ3n) is 14.1. The Morgan fingerprint density at radius 1 is 0.679 bits per heavy atom. The molecule has 0 N–H and O–H groups in total. The molecule has 0 radical (unpaired) electrons.